The number of benzene rings is 1. The first-order chi connectivity index (χ1) is 15.2. The van der Waals surface area contributed by atoms with Gasteiger partial charge >= 0.3 is 5.95 Å². The molecule has 0 bridgehead atoms. The molecule has 3 aromatic rings. The number of hydrogen-bond acceptors (Lipinski definition) is 6. The predicted octanol–water partition coefficient (Wildman–Crippen LogP) is 5.68. The van der Waals surface area contributed by atoms with Gasteiger partial charge in [0.25, 0.3) is 5.91 Å². The summed E-state index contributed by atoms with van der Waals surface area (Å²) in [5.74, 6) is 0.0948. The molecule has 1 atom stereocenters. The van der Waals surface area contributed by atoms with Crippen LogP contribution in [-0.4, -0.2) is 34.8 Å². The van der Waals surface area contributed by atoms with Crippen molar-refractivity contribution >= 4 is 34.1 Å². The normalized spacial score (nSPS) is 12.6. The third kappa shape index (κ3) is 5.11. The van der Waals surface area contributed by atoms with E-state index in [2.05, 4.69) is 17.1 Å². The number of halogens is 1. The molecule has 0 aliphatic rings. The number of aromatic nitrogens is 2. The van der Waals surface area contributed by atoms with Crippen molar-refractivity contribution in [3.63, 3.8) is 0 Å². The van der Waals surface area contributed by atoms with Gasteiger partial charge in [-0.1, -0.05) is 38.6 Å². The number of anilines is 1. The van der Waals surface area contributed by atoms with Gasteiger partial charge in [-0.05, 0) is 38.1 Å². The second-order valence-electron chi connectivity index (χ2n) is 8.40. The second-order valence-corrected chi connectivity index (χ2v) is 8.71. The van der Waals surface area contributed by atoms with Crippen LogP contribution in [0.15, 0.2) is 47.0 Å². The number of amides is 1. The number of pyridine rings is 1. The number of alkyl halides is 1. The Balaban J connectivity index is 2.10. The van der Waals surface area contributed by atoms with Gasteiger partial charge in [0.2, 0.25) is 6.29 Å². The highest BCUT2D eigenvalue weighted by Gasteiger charge is 2.30. The third-order valence-electron chi connectivity index (χ3n) is 4.71. The highest BCUT2D eigenvalue weighted by Crippen LogP contribution is 2.40. The second kappa shape index (κ2) is 9.71. The number of fused-ring (bicyclic) bond motifs is 1. The van der Waals surface area contributed by atoms with E-state index >= 15 is 0 Å². The lowest BCUT2D eigenvalue weighted by molar-refractivity contribution is -0.112. The Morgan fingerprint density at radius 2 is 2.03 bits per heavy atom. The zero-order valence-electron chi connectivity index (χ0n) is 19.0. The minimum atomic E-state index is -0.675. The van der Waals surface area contributed by atoms with Gasteiger partial charge in [0.05, 0.1) is 22.8 Å². The molecule has 1 aromatic carbocycles. The molecule has 0 saturated carbocycles. The zero-order valence-corrected chi connectivity index (χ0v) is 19.7. The van der Waals surface area contributed by atoms with Crippen LogP contribution in [0.25, 0.3) is 22.2 Å². The Kier molecular flexibility index (Phi) is 7.21. The molecule has 0 spiro atoms. The van der Waals surface area contributed by atoms with Crippen LogP contribution in [-0.2, 0) is 14.9 Å². The fourth-order valence-corrected chi connectivity index (χ4v) is 3.29. The molecule has 7 nitrogen and oxygen atoms in total. The SMILES string of the molecule is C=C(C)C(=O)Nc1cccc2nc(-c3c(C(C)(C)C)noc3OC(CCl)OCC)ccc12. The first-order valence-electron chi connectivity index (χ1n) is 10.4. The maximum absolute atomic E-state index is 12.1. The van der Waals surface area contributed by atoms with Gasteiger partial charge in [-0.15, -0.1) is 11.6 Å². The standard InChI is InChI=1S/C24H28ClN3O4/c1-7-30-19(13-25)31-23-20(21(28-32-23)24(4,5)6)18-12-11-15-16(26-18)9-8-10-17(15)27-22(29)14(2)3/h8-12,19H,2,7,13H2,1,3-6H3,(H,27,29). The molecule has 0 aliphatic heterocycles. The van der Waals surface area contributed by atoms with Crippen molar-refractivity contribution in [1.29, 1.82) is 0 Å². The zero-order chi connectivity index (χ0) is 23.5. The number of nitrogens with zero attached hydrogens (tertiary/aromatic N) is 2. The van der Waals surface area contributed by atoms with Crippen molar-refractivity contribution < 1.29 is 18.8 Å². The summed E-state index contributed by atoms with van der Waals surface area (Å²) in [5.41, 5.74) is 3.44. The summed E-state index contributed by atoms with van der Waals surface area (Å²) in [4.78, 5) is 16.9. The molecule has 0 fully saturated rings. The minimum absolute atomic E-state index is 0.135. The lowest BCUT2D eigenvalue weighted by Gasteiger charge is -2.18. The predicted molar refractivity (Wildman–Crippen MR) is 126 cm³/mol. The van der Waals surface area contributed by atoms with Crippen molar-refractivity contribution in [2.75, 3.05) is 17.8 Å². The van der Waals surface area contributed by atoms with Gasteiger partial charge in [0.15, 0.2) is 0 Å². The van der Waals surface area contributed by atoms with Crippen molar-refractivity contribution in [3.8, 4) is 17.2 Å². The monoisotopic (exact) mass is 457 g/mol. The number of ether oxygens (including phenoxy) is 2. The van der Waals surface area contributed by atoms with Crippen LogP contribution >= 0.6 is 11.6 Å². The summed E-state index contributed by atoms with van der Waals surface area (Å²) in [7, 11) is 0. The van der Waals surface area contributed by atoms with E-state index < -0.39 is 6.29 Å². The van der Waals surface area contributed by atoms with Crippen LogP contribution in [0.1, 0.15) is 40.3 Å². The van der Waals surface area contributed by atoms with E-state index in [-0.39, 0.29) is 23.1 Å². The maximum atomic E-state index is 12.1. The topological polar surface area (TPSA) is 86.5 Å². The van der Waals surface area contributed by atoms with E-state index in [0.717, 1.165) is 5.39 Å². The van der Waals surface area contributed by atoms with Crippen molar-refractivity contribution in [2.45, 2.75) is 46.3 Å². The molecular formula is C24H28ClN3O4. The lowest BCUT2D eigenvalue weighted by atomic mass is 9.88. The van der Waals surface area contributed by atoms with E-state index in [1.807, 2.05) is 58.0 Å². The number of carbonyl (C=O) groups is 1. The average molecular weight is 458 g/mol. The van der Waals surface area contributed by atoms with Crippen LogP contribution in [0.3, 0.4) is 0 Å². The molecule has 170 valence electrons. The number of hydrogen-bond donors (Lipinski definition) is 1. The number of carbonyl (C=O) groups excluding carboxylic acids is 1. The van der Waals surface area contributed by atoms with Gasteiger partial charge in [-0.3, -0.25) is 4.79 Å². The Bertz CT molecular complexity index is 1130. The number of rotatable bonds is 8. The summed E-state index contributed by atoms with van der Waals surface area (Å²) in [6.07, 6.45) is -0.675. The lowest BCUT2D eigenvalue weighted by Crippen LogP contribution is -2.22. The molecule has 8 heteroatoms. The third-order valence-corrected chi connectivity index (χ3v) is 4.96. The molecule has 3 rings (SSSR count). The minimum Gasteiger partial charge on any atom is -0.432 e. The quantitative estimate of drug-likeness (QED) is 0.266. The summed E-state index contributed by atoms with van der Waals surface area (Å²) >= 11 is 5.98. The Morgan fingerprint density at radius 3 is 2.66 bits per heavy atom. The largest absolute Gasteiger partial charge is 0.432 e. The van der Waals surface area contributed by atoms with Crippen LogP contribution in [0, 0.1) is 0 Å². The molecule has 32 heavy (non-hydrogen) atoms. The molecule has 1 N–H and O–H groups in total. The first kappa shape index (κ1) is 23.8. The van der Waals surface area contributed by atoms with Gasteiger partial charge < -0.3 is 19.3 Å². The van der Waals surface area contributed by atoms with Crippen molar-refractivity contribution in [1.82, 2.24) is 10.1 Å². The van der Waals surface area contributed by atoms with Gasteiger partial charge in [0.1, 0.15) is 11.3 Å². The van der Waals surface area contributed by atoms with Crippen LogP contribution in [0.4, 0.5) is 5.69 Å². The van der Waals surface area contributed by atoms with Gasteiger partial charge in [-0.25, -0.2) is 4.98 Å². The van der Waals surface area contributed by atoms with Crippen molar-refractivity contribution in [2.24, 2.45) is 0 Å². The van der Waals surface area contributed by atoms with Crippen molar-refractivity contribution in [3.05, 3.63) is 48.2 Å². The molecular weight excluding hydrogens is 430 g/mol. The molecule has 1 amide bonds. The van der Waals surface area contributed by atoms with E-state index in [0.29, 0.717) is 40.3 Å². The first-order valence-corrected chi connectivity index (χ1v) is 10.9. The van der Waals surface area contributed by atoms with E-state index in [1.165, 1.54) is 0 Å². The van der Waals surface area contributed by atoms with Crippen LogP contribution in [0.2, 0.25) is 0 Å². The summed E-state index contributed by atoms with van der Waals surface area (Å²) in [6, 6.07) is 9.29. The Hall–Kier alpha value is -2.90. The van der Waals surface area contributed by atoms with Crippen LogP contribution < -0.4 is 10.1 Å². The van der Waals surface area contributed by atoms with Crippen LogP contribution in [0.5, 0.6) is 5.95 Å². The average Bonchev–Trinajstić information content (AvgIpc) is 3.17. The van der Waals surface area contributed by atoms with E-state index in [9.17, 15) is 4.79 Å². The molecule has 1 unspecified atom stereocenters. The maximum Gasteiger partial charge on any atom is 0.323 e. The summed E-state index contributed by atoms with van der Waals surface area (Å²) in [6.45, 7) is 13.8. The Morgan fingerprint density at radius 1 is 1.28 bits per heavy atom. The molecule has 2 aromatic heterocycles. The van der Waals surface area contributed by atoms with E-state index in [1.54, 1.807) is 6.92 Å². The molecule has 0 saturated heterocycles. The van der Waals surface area contributed by atoms with Gasteiger partial charge in [-0.2, -0.15) is 0 Å². The summed E-state index contributed by atoms with van der Waals surface area (Å²) in [5, 5.41) is 7.93. The molecule has 0 aliphatic carbocycles. The fraction of sp³-hybridized carbons (Fsp3) is 0.375. The summed E-state index contributed by atoms with van der Waals surface area (Å²) < 4.78 is 17.0. The highest BCUT2D eigenvalue weighted by atomic mass is 35.5. The fourth-order valence-electron chi connectivity index (χ4n) is 3.14. The van der Waals surface area contributed by atoms with E-state index in [4.69, 9.17) is 30.6 Å². The smallest absolute Gasteiger partial charge is 0.323 e. The highest BCUT2D eigenvalue weighted by molar-refractivity contribution is 6.18. The number of nitrogens with one attached hydrogen (secondary N) is 1. The van der Waals surface area contributed by atoms with Gasteiger partial charge in [0, 0.05) is 23.0 Å². The molecule has 0 radical (unpaired) electrons. The molecule has 2 heterocycles. The Labute approximate surface area is 192 Å².